The van der Waals surface area contributed by atoms with Crippen molar-refractivity contribution >= 4 is 46.0 Å². The van der Waals surface area contributed by atoms with Crippen molar-refractivity contribution in [2.45, 2.75) is 13.0 Å². The number of nitrogens with one attached hydrogen (secondary N) is 1. The van der Waals surface area contributed by atoms with Gasteiger partial charge in [-0.3, -0.25) is 14.2 Å². The normalized spacial score (nSPS) is 17.8. The van der Waals surface area contributed by atoms with E-state index in [0.717, 1.165) is 42.4 Å². The number of thiophene rings is 1. The number of nitrogens with zero attached hydrogens (tertiary/aromatic N) is 3. The van der Waals surface area contributed by atoms with Gasteiger partial charge in [0.15, 0.2) is 4.80 Å². The largest absolute Gasteiger partial charge is 0.378 e. The number of anilines is 2. The lowest BCUT2D eigenvalue weighted by Gasteiger charge is -2.28. The van der Waals surface area contributed by atoms with Crippen LogP contribution < -0.4 is 25.1 Å². The Morgan fingerprint density at radius 1 is 1.05 bits per heavy atom. The molecule has 1 saturated heterocycles. The molecular weight excluding hydrogens is 516 g/mol. The van der Waals surface area contributed by atoms with Crippen LogP contribution in [0.3, 0.4) is 0 Å². The van der Waals surface area contributed by atoms with Gasteiger partial charge >= 0.3 is 0 Å². The van der Waals surface area contributed by atoms with Gasteiger partial charge < -0.3 is 15.0 Å². The van der Waals surface area contributed by atoms with E-state index in [-0.39, 0.29) is 11.5 Å². The first-order valence-electron chi connectivity index (χ1n) is 12.4. The van der Waals surface area contributed by atoms with Crippen molar-refractivity contribution in [1.82, 2.24) is 4.57 Å². The summed E-state index contributed by atoms with van der Waals surface area (Å²) in [7, 11) is 0. The average Bonchev–Trinajstić information content (AvgIpc) is 3.58. The van der Waals surface area contributed by atoms with Crippen LogP contribution in [0.15, 0.2) is 93.2 Å². The molecule has 2 aromatic heterocycles. The minimum atomic E-state index is -0.541. The van der Waals surface area contributed by atoms with Crippen LogP contribution in [0.2, 0.25) is 0 Å². The van der Waals surface area contributed by atoms with Crippen molar-refractivity contribution in [3.8, 4) is 0 Å². The second-order valence-electron chi connectivity index (χ2n) is 9.11. The Morgan fingerprint density at radius 3 is 2.53 bits per heavy atom. The molecule has 1 N–H and O–H groups in total. The number of carbonyl (C=O) groups excluding carboxylic acids is 1. The number of morpholine rings is 1. The second-order valence-corrected chi connectivity index (χ2v) is 11.1. The summed E-state index contributed by atoms with van der Waals surface area (Å²) in [5.41, 5.74) is 3.72. The number of hydrogen-bond donors (Lipinski definition) is 1. The minimum Gasteiger partial charge on any atom is -0.378 e. The first-order valence-corrected chi connectivity index (χ1v) is 14.1. The van der Waals surface area contributed by atoms with Crippen molar-refractivity contribution in [1.29, 1.82) is 0 Å². The molecule has 9 heteroatoms. The molecule has 6 rings (SSSR count). The van der Waals surface area contributed by atoms with E-state index in [4.69, 9.17) is 9.73 Å². The second kappa shape index (κ2) is 10.5. The maximum atomic E-state index is 13.8. The molecule has 2 aromatic carbocycles. The van der Waals surface area contributed by atoms with Crippen LogP contribution >= 0.6 is 22.7 Å². The quantitative estimate of drug-likeness (QED) is 0.417. The summed E-state index contributed by atoms with van der Waals surface area (Å²) in [5.74, 6) is -0.260. The molecule has 1 fully saturated rings. The van der Waals surface area contributed by atoms with Crippen molar-refractivity contribution in [3.63, 3.8) is 0 Å². The summed E-state index contributed by atoms with van der Waals surface area (Å²) in [6, 6.07) is 20.9. The molecule has 0 spiro atoms. The molecule has 4 aromatic rings. The van der Waals surface area contributed by atoms with Gasteiger partial charge in [-0.2, -0.15) is 0 Å². The standard InChI is InChI=1S/C29H26N4O3S2/c1-19-25(27(34)31-21-6-3-2-4-7-21)26(23-8-5-17-37-23)33-28(35)24(38-29(33)30-19)18-20-9-11-22(12-10-20)32-13-15-36-16-14-32/h2-12,17-18,26H,13-16H2,1H3,(H,31,34)/b24-18+/t26-/m0/s1. The molecule has 0 unspecified atom stereocenters. The van der Waals surface area contributed by atoms with E-state index in [0.29, 0.717) is 26.3 Å². The predicted molar refractivity (Wildman–Crippen MR) is 153 cm³/mol. The molecule has 192 valence electrons. The molecule has 2 aliphatic rings. The van der Waals surface area contributed by atoms with Crippen LogP contribution in [0.5, 0.6) is 0 Å². The van der Waals surface area contributed by atoms with Gasteiger partial charge in [-0.1, -0.05) is 47.7 Å². The summed E-state index contributed by atoms with van der Waals surface area (Å²) in [5, 5.41) is 4.94. The topological polar surface area (TPSA) is 75.9 Å². The molecule has 0 bridgehead atoms. The Hall–Kier alpha value is -3.79. The fourth-order valence-electron chi connectivity index (χ4n) is 4.80. The Morgan fingerprint density at radius 2 is 1.82 bits per heavy atom. The highest BCUT2D eigenvalue weighted by Crippen LogP contribution is 2.33. The number of hydrogen-bond acceptors (Lipinski definition) is 7. The number of ether oxygens (including phenoxy) is 1. The number of fused-ring (bicyclic) bond motifs is 1. The summed E-state index contributed by atoms with van der Waals surface area (Å²) >= 11 is 2.88. The molecule has 2 aliphatic heterocycles. The molecule has 1 amide bonds. The summed E-state index contributed by atoms with van der Waals surface area (Å²) < 4.78 is 7.70. The average molecular weight is 543 g/mol. The molecule has 0 saturated carbocycles. The van der Waals surface area contributed by atoms with Crippen molar-refractivity contribution in [2.75, 3.05) is 36.5 Å². The zero-order valence-corrected chi connectivity index (χ0v) is 22.4. The fraction of sp³-hybridized carbons (Fsp3) is 0.207. The van der Waals surface area contributed by atoms with Gasteiger partial charge in [0, 0.05) is 29.3 Å². The maximum absolute atomic E-state index is 13.8. The van der Waals surface area contributed by atoms with Crippen LogP contribution in [-0.4, -0.2) is 36.8 Å². The van der Waals surface area contributed by atoms with E-state index in [9.17, 15) is 9.59 Å². The third-order valence-corrected chi connectivity index (χ3v) is 8.59. The van der Waals surface area contributed by atoms with E-state index in [1.165, 1.54) is 22.7 Å². The number of allylic oxidation sites excluding steroid dienone is 1. The Balaban J connectivity index is 1.38. The van der Waals surface area contributed by atoms with Gasteiger partial charge in [-0.25, -0.2) is 4.99 Å². The molecule has 38 heavy (non-hydrogen) atoms. The van der Waals surface area contributed by atoms with Gasteiger partial charge in [0.05, 0.1) is 29.0 Å². The number of carbonyl (C=O) groups is 1. The third kappa shape index (κ3) is 4.76. The molecule has 0 aliphatic carbocycles. The number of aromatic nitrogens is 1. The monoisotopic (exact) mass is 542 g/mol. The van der Waals surface area contributed by atoms with Crippen LogP contribution in [0.4, 0.5) is 11.4 Å². The van der Waals surface area contributed by atoms with E-state index in [1.54, 1.807) is 4.57 Å². The van der Waals surface area contributed by atoms with Crippen molar-refractivity contribution in [3.05, 3.63) is 114 Å². The van der Waals surface area contributed by atoms with Gasteiger partial charge in [0.1, 0.15) is 6.04 Å². The number of para-hydroxylation sites is 1. The predicted octanol–water partition coefficient (Wildman–Crippen LogP) is 3.77. The highest BCUT2D eigenvalue weighted by molar-refractivity contribution is 7.10. The van der Waals surface area contributed by atoms with Crippen molar-refractivity contribution in [2.24, 2.45) is 4.99 Å². The molecule has 4 heterocycles. The molecule has 7 nitrogen and oxygen atoms in total. The van der Waals surface area contributed by atoms with Crippen LogP contribution in [0.1, 0.15) is 23.4 Å². The third-order valence-electron chi connectivity index (χ3n) is 6.68. The highest BCUT2D eigenvalue weighted by Gasteiger charge is 2.33. The summed E-state index contributed by atoms with van der Waals surface area (Å²) in [6.45, 7) is 5.06. The van der Waals surface area contributed by atoms with Crippen molar-refractivity contribution < 1.29 is 9.53 Å². The number of rotatable bonds is 5. The van der Waals surface area contributed by atoms with Gasteiger partial charge in [-0.05, 0) is 54.3 Å². The first-order chi connectivity index (χ1) is 18.6. The van der Waals surface area contributed by atoms with E-state index in [2.05, 4.69) is 22.3 Å². The SMILES string of the molecule is CC1=C(C(=O)Nc2ccccc2)[C@H](c2cccs2)n2c(s/c(=C/c3ccc(N4CCOCC4)cc3)c2=O)=N1. The van der Waals surface area contributed by atoms with Gasteiger partial charge in [0.25, 0.3) is 11.5 Å². The lowest BCUT2D eigenvalue weighted by Crippen LogP contribution is -2.40. The molecule has 0 radical (unpaired) electrons. The van der Waals surface area contributed by atoms with Crippen LogP contribution in [0.25, 0.3) is 6.08 Å². The van der Waals surface area contributed by atoms with Gasteiger partial charge in [-0.15, -0.1) is 11.3 Å². The number of thiazole rings is 1. The van der Waals surface area contributed by atoms with Crippen LogP contribution in [-0.2, 0) is 9.53 Å². The van der Waals surface area contributed by atoms with E-state index >= 15 is 0 Å². The minimum absolute atomic E-state index is 0.151. The highest BCUT2D eigenvalue weighted by atomic mass is 32.1. The Bertz CT molecular complexity index is 1660. The van der Waals surface area contributed by atoms with E-state index in [1.807, 2.05) is 73.0 Å². The summed E-state index contributed by atoms with van der Waals surface area (Å²) in [4.78, 5) is 35.8. The zero-order valence-electron chi connectivity index (χ0n) is 20.8. The van der Waals surface area contributed by atoms with Gasteiger partial charge in [0.2, 0.25) is 0 Å². The molecular formula is C29H26N4O3S2. The maximum Gasteiger partial charge on any atom is 0.271 e. The number of amides is 1. The first kappa shape index (κ1) is 24.5. The Kier molecular flexibility index (Phi) is 6.80. The fourth-order valence-corrected chi connectivity index (χ4v) is 6.67. The zero-order chi connectivity index (χ0) is 26.1. The number of benzene rings is 2. The lowest BCUT2D eigenvalue weighted by molar-refractivity contribution is -0.113. The summed E-state index contributed by atoms with van der Waals surface area (Å²) in [6.07, 6.45) is 1.90. The Labute approximate surface area is 227 Å². The molecule has 1 atom stereocenters. The lowest BCUT2D eigenvalue weighted by atomic mass is 10.0. The van der Waals surface area contributed by atoms with E-state index < -0.39 is 6.04 Å². The van der Waals surface area contributed by atoms with Crippen LogP contribution in [0, 0.1) is 0 Å². The smallest absolute Gasteiger partial charge is 0.271 e.